The molecular weight excluding hydrogens is 425 g/mol. The predicted molar refractivity (Wildman–Crippen MR) is 123 cm³/mol. The van der Waals surface area contributed by atoms with Gasteiger partial charge in [0.2, 0.25) is 5.91 Å². The fraction of sp³-hybridized carbons (Fsp3) is 0.296. The number of carbonyl (C=O) groups is 1. The summed E-state index contributed by atoms with van der Waals surface area (Å²) >= 11 is 0. The highest BCUT2D eigenvalue weighted by atomic mass is 19.1. The third-order valence-corrected chi connectivity index (χ3v) is 6.82. The Hall–Kier alpha value is -3.12. The third-order valence-electron chi connectivity index (χ3n) is 6.82. The molecule has 0 unspecified atom stereocenters. The lowest BCUT2D eigenvalue weighted by Gasteiger charge is -2.44. The van der Waals surface area contributed by atoms with Crippen LogP contribution in [0, 0.1) is 17.5 Å². The molecule has 1 fully saturated rings. The number of hydrogen-bond donors (Lipinski definition) is 1. The smallest absolute Gasteiger partial charge is 0.223 e. The van der Waals surface area contributed by atoms with Gasteiger partial charge in [0.25, 0.3) is 0 Å². The molecule has 3 aromatic rings. The molecular formula is C27H27F3N2O. The van der Waals surface area contributed by atoms with E-state index in [1.165, 1.54) is 24.3 Å². The van der Waals surface area contributed by atoms with Gasteiger partial charge in [0.05, 0.1) is 6.04 Å². The largest absolute Gasteiger partial charge is 0.336 e. The fourth-order valence-electron chi connectivity index (χ4n) is 4.88. The zero-order valence-corrected chi connectivity index (χ0v) is 18.5. The molecule has 1 saturated heterocycles. The van der Waals surface area contributed by atoms with Gasteiger partial charge in [-0.2, -0.15) is 0 Å². The summed E-state index contributed by atoms with van der Waals surface area (Å²) < 4.78 is 40.8. The van der Waals surface area contributed by atoms with Crippen molar-refractivity contribution >= 4 is 5.91 Å². The quantitative estimate of drug-likeness (QED) is 0.518. The fourth-order valence-corrected chi connectivity index (χ4v) is 4.88. The van der Waals surface area contributed by atoms with Crippen LogP contribution in [0.3, 0.4) is 0 Å². The summed E-state index contributed by atoms with van der Waals surface area (Å²) in [7, 11) is 0. The van der Waals surface area contributed by atoms with Gasteiger partial charge in [-0.1, -0.05) is 36.4 Å². The van der Waals surface area contributed by atoms with Crippen molar-refractivity contribution < 1.29 is 18.0 Å². The molecule has 0 radical (unpaired) electrons. The maximum atomic E-state index is 14.1. The number of carbonyl (C=O) groups excluding carboxylic acids is 1. The van der Waals surface area contributed by atoms with Gasteiger partial charge in [0, 0.05) is 30.0 Å². The third kappa shape index (κ3) is 4.67. The van der Waals surface area contributed by atoms with E-state index < -0.39 is 11.6 Å². The van der Waals surface area contributed by atoms with Crippen molar-refractivity contribution in [2.75, 3.05) is 13.1 Å². The Bertz CT molecular complexity index is 1130. The van der Waals surface area contributed by atoms with Crippen LogP contribution in [-0.2, 0) is 10.2 Å². The average Bonchev–Trinajstić information content (AvgIpc) is 2.79. The zero-order valence-electron chi connectivity index (χ0n) is 18.5. The number of halogens is 3. The Morgan fingerprint density at radius 3 is 2.24 bits per heavy atom. The first-order valence-electron chi connectivity index (χ1n) is 11.1. The molecule has 172 valence electrons. The molecule has 3 aromatic carbocycles. The number of likely N-dealkylation sites (tertiary alicyclic amines) is 1. The van der Waals surface area contributed by atoms with Crippen molar-refractivity contribution in [3.63, 3.8) is 0 Å². The summed E-state index contributed by atoms with van der Waals surface area (Å²) in [6, 6.07) is 17.0. The second kappa shape index (κ2) is 9.40. The topological polar surface area (TPSA) is 46.3 Å². The highest BCUT2D eigenvalue weighted by Gasteiger charge is 2.41. The molecule has 2 N–H and O–H groups in total. The van der Waals surface area contributed by atoms with Crippen molar-refractivity contribution in [2.45, 2.75) is 37.6 Å². The van der Waals surface area contributed by atoms with E-state index in [0.717, 1.165) is 23.6 Å². The summed E-state index contributed by atoms with van der Waals surface area (Å²) in [5.41, 5.74) is 8.34. The number of nitrogens with two attached hydrogens (primary N) is 1. The Kier molecular flexibility index (Phi) is 6.56. The van der Waals surface area contributed by atoms with Crippen LogP contribution in [0.2, 0.25) is 0 Å². The van der Waals surface area contributed by atoms with Gasteiger partial charge in [0.1, 0.15) is 17.5 Å². The van der Waals surface area contributed by atoms with Gasteiger partial charge in [-0.25, -0.2) is 13.2 Å². The van der Waals surface area contributed by atoms with Crippen molar-refractivity contribution in [1.29, 1.82) is 0 Å². The van der Waals surface area contributed by atoms with Crippen LogP contribution in [0.4, 0.5) is 13.2 Å². The number of rotatable bonds is 6. The van der Waals surface area contributed by atoms with Gasteiger partial charge in [-0.3, -0.25) is 4.79 Å². The lowest BCUT2D eigenvalue weighted by atomic mass is 9.70. The van der Waals surface area contributed by atoms with Gasteiger partial charge >= 0.3 is 0 Å². The van der Waals surface area contributed by atoms with Crippen LogP contribution in [0.5, 0.6) is 0 Å². The van der Waals surface area contributed by atoms with Gasteiger partial charge in [-0.15, -0.1) is 0 Å². The lowest BCUT2D eigenvalue weighted by molar-refractivity contribution is -0.138. The Morgan fingerprint density at radius 1 is 0.970 bits per heavy atom. The molecule has 0 bridgehead atoms. The zero-order chi connectivity index (χ0) is 23.6. The number of hydrogen-bond acceptors (Lipinski definition) is 2. The van der Waals surface area contributed by atoms with E-state index in [4.69, 9.17) is 5.73 Å². The number of nitrogens with zero attached hydrogens (tertiary/aromatic N) is 1. The first-order valence-corrected chi connectivity index (χ1v) is 11.1. The summed E-state index contributed by atoms with van der Waals surface area (Å²) in [4.78, 5) is 15.1. The number of piperidine rings is 1. The first-order chi connectivity index (χ1) is 15.8. The second-order valence-corrected chi connectivity index (χ2v) is 8.76. The number of benzene rings is 3. The van der Waals surface area contributed by atoms with E-state index in [1.54, 1.807) is 24.3 Å². The van der Waals surface area contributed by atoms with Crippen molar-refractivity contribution in [3.05, 3.63) is 95.3 Å². The Balaban J connectivity index is 1.52. The van der Waals surface area contributed by atoms with Crippen LogP contribution >= 0.6 is 0 Å². The van der Waals surface area contributed by atoms with Gasteiger partial charge in [-0.05, 0) is 67.3 Å². The summed E-state index contributed by atoms with van der Waals surface area (Å²) in [5, 5.41) is 0. The molecule has 1 heterocycles. The molecule has 4 rings (SSSR count). The van der Waals surface area contributed by atoms with E-state index in [0.29, 0.717) is 37.1 Å². The van der Waals surface area contributed by atoms with Crippen LogP contribution < -0.4 is 5.73 Å². The van der Waals surface area contributed by atoms with Gasteiger partial charge < -0.3 is 10.6 Å². The van der Waals surface area contributed by atoms with Crippen LogP contribution in [-0.4, -0.2) is 23.9 Å². The summed E-state index contributed by atoms with van der Waals surface area (Å²) in [5.74, 6) is -1.50. The highest BCUT2D eigenvalue weighted by molar-refractivity contribution is 5.79. The first kappa shape index (κ1) is 23.1. The molecule has 6 heteroatoms. The predicted octanol–water partition coefficient (Wildman–Crippen LogP) is 5.74. The molecule has 3 nitrogen and oxygen atoms in total. The Labute approximate surface area is 192 Å². The van der Waals surface area contributed by atoms with Crippen molar-refractivity contribution in [3.8, 4) is 11.1 Å². The van der Waals surface area contributed by atoms with E-state index >= 15 is 0 Å². The number of amides is 1. The monoisotopic (exact) mass is 452 g/mol. The molecule has 0 aliphatic carbocycles. The second-order valence-electron chi connectivity index (χ2n) is 8.76. The maximum Gasteiger partial charge on any atom is 0.223 e. The molecule has 1 aliphatic heterocycles. The SMILES string of the molecule is C[C@@H](c1ccc(-c2ccc(F)cc2F)cc1)N1CC[C@](CCN)(c2ccc(F)cc2)CC1=O. The molecule has 0 spiro atoms. The van der Waals surface area contributed by atoms with E-state index in [1.807, 2.05) is 24.0 Å². The molecule has 33 heavy (non-hydrogen) atoms. The standard InChI is InChI=1S/C27H27F3N2O/c1-18(19-2-4-20(5-3-19)24-11-10-23(29)16-25(24)30)32-15-13-27(12-14-31,17-26(32)33)21-6-8-22(28)9-7-21/h2-11,16,18H,12-15,17,31H2,1H3/t18-,27-/m0/s1. The van der Waals surface area contributed by atoms with E-state index in [-0.39, 0.29) is 23.2 Å². The van der Waals surface area contributed by atoms with Crippen molar-refractivity contribution in [2.24, 2.45) is 5.73 Å². The van der Waals surface area contributed by atoms with Gasteiger partial charge in [0.15, 0.2) is 0 Å². The van der Waals surface area contributed by atoms with E-state index in [9.17, 15) is 18.0 Å². The molecule has 0 aromatic heterocycles. The minimum Gasteiger partial charge on any atom is -0.336 e. The normalized spacial score (nSPS) is 19.5. The lowest BCUT2D eigenvalue weighted by Crippen LogP contribution is -2.48. The average molecular weight is 453 g/mol. The van der Waals surface area contributed by atoms with Crippen LogP contribution in [0.25, 0.3) is 11.1 Å². The molecule has 1 amide bonds. The minimum absolute atomic E-state index is 0.0279. The minimum atomic E-state index is -0.614. The maximum absolute atomic E-state index is 14.1. The molecule has 1 aliphatic rings. The van der Waals surface area contributed by atoms with E-state index in [2.05, 4.69) is 0 Å². The summed E-state index contributed by atoms with van der Waals surface area (Å²) in [6.07, 6.45) is 1.72. The van der Waals surface area contributed by atoms with Crippen LogP contribution in [0.15, 0.2) is 66.7 Å². The molecule has 0 saturated carbocycles. The summed E-state index contributed by atoms with van der Waals surface area (Å²) in [6.45, 7) is 2.98. The molecule has 2 atom stereocenters. The van der Waals surface area contributed by atoms with Crippen molar-refractivity contribution in [1.82, 2.24) is 4.90 Å². The highest BCUT2D eigenvalue weighted by Crippen LogP contribution is 2.41. The Morgan fingerprint density at radius 2 is 1.64 bits per heavy atom. The van der Waals surface area contributed by atoms with Crippen LogP contribution in [0.1, 0.15) is 43.4 Å².